The van der Waals surface area contributed by atoms with Crippen LogP contribution in [-0.2, 0) is 11.2 Å². The van der Waals surface area contributed by atoms with Crippen LogP contribution < -0.4 is 11.1 Å². The highest BCUT2D eigenvalue weighted by Gasteiger charge is 2.31. The van der Waals surface area contributed by atoms with Gasteiger partial charge in [-0.15, -0.1) is 0 Å². The molecule has 0 bridgehead atoms. The van der Waals surface area contributed by atoms with Crippen LogP contribution in [-0.4, -0.2) is 10.9 Å². The molecule has 1 aliphatic carbocycles. The van der Waals surface area contributed by atoms with E-state index in [0.717, 1.165) is 12.0 Å². The zero-order valence-electron chi connectivity index (χ0n) is 9.76. The van der Waals surface area contributed by atoms with E-state index in [9.17, 15) is 4.79 Å². The number of carbonyl (C=O) groups excluding carboxylic acids is 1. The predicted molar refractivity (Wildman–Crippen MR) is 70.2 cm³/mol. The topological polar surface area (TPSA) is 68.0 Å². The SMILES string of the molecule is Nc1ccc(NC(=O)C2Cc3ccccc32)nc1. The van der Waals surface area contributed by atoms with Crippen LogP contribution >= 0.6 is 0 Å². The van der Waals surface area contributed by atoms with E-state index in [1.165, 1.54) is 11.8 Å². The molecular weight excluding hydrogens is 226 g/mol. The van der Waals surface area contributed by atoms with Crippen LogP contribution in [0.4, 0.5) is 11.5 Å². The van der Waals surface area contributed by atoms with Gasteiger partial charge in [0.2, 0.25) is 5.91 Å². The molecular formula is C14H13N3O. The summed E-state index contributed by atoms with van der Waals surface area (Å²) in [5.74, 6) is 0.477. The highest BCUT2D eigenvalue weighted by Crippen LogP contribution is 2.35. The number of nitrogens with zero attached hydrogens (tertiary/aromatic N) is 1. The third-order valence-corrected chi connectivity index (χ3v) is 3.21. The number of nitrogens with two attached hydrogens (primary N) is 1. The zero-order valence-corrected chi connectivity index (χ0v) is 9.76. The van der Waals surface area contributed by atoms with Crippen molar-refractivity contribution in [2.24, 2.45) is 0 Å². The summed E-state index contributed by atoms with van der Waals surface area (Å²) in [7, 11) is 0. The first kappa shape index (κ1) is 10.8. The lowest BCUT2D eigenvalue weighted by Crippen LogP contribution is -2.30. The van der Waals surface area contributed by atoms with Gasteiger partial charge in [0.1, 0.15) is 5.82 Å². The van der Waals surface area contributed by atoms with E-state index in [0.29, 0.717) is 11.5 Å². The third-order valence-electron chi connectivity index (χ3n) is 3.21. The van der Waals surface area contributed by atoms with Crippen molar-refractivity contribution in [3.8, 4) is 0 Å². The standard InChI is InChI=1S/C14H13N3O/c15-10-5-6-13(16-8-10)17-14(18)12-7-9-3-1-2-4-11(9)12/h1-6,8,12H,7,15H2,(H,16,17,18). The number of fused-ring (bicyclic) bond motifs is 1. The minimum Gasteiger partial charge on any atom is -0.397 e. The number of anilines is 2. The molecule has 90 valence electrons. The first-order valence-electron chi connectivity index (χ1n) is 5.84. The smallest absolute Gasteiger partial charge is 0.233 e. The molecule has 0 fully saturated rings. The minimum absolute atomic E-state index is 0.00836. The normalized spacial score (nSPS) is 16.6. The van der Waals surface area contributed by atoms with Crippen molar-refractivity contribution in [1.29, 1.82) is 0 Å². The fraction of sp³-hybridized carbons (Fsp3) is 0.143. The molecule has 1 heterocycles. The molecule has 3 rings (SSSR count). The third kappa shape index (κ3) is 1.82. The molecule has 4 nitrogen and oxygen atoms in total. The molecule has 0 spiro atoms. The van der Waals surface area contributed by atoms with E-state index in [2.05, 4.69) is 16.4 Å². The number of benzene rings is 1. The van der Waals surface area contributed by atoms with Crippen LogP contribution in [0.25, 0.3) is 0 Å². The number of carbonyl (C=O) groups is 1. The Bertz CT molecular complexity index is 592. The molecule has 1 aromatic carbocycles. The lowest BCUT2D eigenvalue weighted by molar-refractivity contribution is -0.118. The largest absolute Gasteiger partial charge is 0.397 e. The summed E-state index contributed by atoms with van der Waals surface area (Å²) in [6.07, 6.45) is 2.33. The van der Waals surface area contributed by atoms with Gasteiger partial charge >= 0.3 is 0 Å². The van der Waals surface area contributed by atoms with E-state index >= 15 is 0 Å². The molecule has 0 saturated carbocycles. The summed E-state index contributed by atoms with van der Waals surface area (Å²) in [5.41, 5.74) is 8.50. The summed E-state index contributed by atoms with van der Waals surface area (Å²) < 4.78 is 0. The van der Waals surface area contributed by atoms with E-state index in [-0.39, 0.29) is 11.8 Å². The molecule has 1 unspecified atom stereocenters. The van der Waals surface area contributed by atoms with Crippen molar-refractivity contribution in [3.05, 3.63) is 53.7 Å². The predicted octanol–water partition coefficient (Wildman–Crippen LogP) is 1.94. The number of rotatable bonds is 2. The van der Waals surface area contributed by atoms with E-state index in [1.54, 1.807) is 12.1 Å². The van der Waals surface area contributed by atoms with Gasteiger partial charge in [0.25, 0.3) is 0 Å². The van der Waals surface area contributed by atoms with Crippen molar-refractivity contribution in [2.45, 2.75) is 12.3 Å². The monoisotopic (exact) mass is 239 g/mol. The molecule has 0 aliphatic heterocycles. The Morgan fingerprint density at radius 2 is 2.11 bits per heavy atom. The molecule has 4 heteroatoms. The van der Waals surface area contributed by atoms with Gasteiger partial charge in [-0.1, -0.05) is 24.3 Å². The van der Waals surface area contributed by atoms with E-state index < -0.39 is 0 Å². The average Bonchev–Trinajstić information content (AvgIpc) is 2.34. The molecule has 1 atom stereocenters. The molecule has 18 heavy (non-hydrogen) atoms. The summed E-state index contributed by atoms with van der Waals surface area (Å²) >= 11 is 0. The maximum atomic E-state index is 12.1. The molecule has 1 amide bonds. The van der Waals surface area contributed by atoms with Crippen LogP contribution in [0, 0.1) is 0 Å². The van der Waals surface area contributed by atoms with Gasteiger partial charge in [0.05, 0.1) is 17.8 Å². The molecule has 2 aromatic rings. The Morgan fingerprint density at radius 1 is 1.28 bits per heavy atom. The highest BCUT2D eigenvalue weighted by molar-refractivity contribution is 5.97. The Balaban J connectivity index is 1.72. The van der Waals surface area contributed by atoms with Gasteiger partial charge in [-0.05, 0) is 29.7 Å². The lowest BCUT2D eigenvalue weighted by Gasteiger charge is -2.28. The van der Waals surface area contributed by atoms with Crippen molar-refractivity contribution in [2.75, 3.05) is 11.1 Å². The molecule has 0 saturated heterocycles. The van der Waals surface area contributed by atoms with Crippen molar-refractivity contribution in [1.82, 2.24) is 4.98 Å². The Hall–Kier alpha value is -2.36. The Labute approximate surface area is 105 Å². The van der Waals surface area contributed by atoms with Crippen molar-refractivity contribution < 1.29 is 4.79 Å². The second-order valence-electron chi connectivity index (χ2n) is 4.42. The van der Waals surface area contributed by atoms with Crippen LogP contribution in [0.3, 0.4) is 0 Å². The number of hydrogen-bond donors (Lipinski definition) is 2. The lowest BCUT2D eigenvalue weighted by atomic mass is 9.77. The number of aromatic nitrogens is 1. The van der Waals surface area contributed by atoms with Crippen LogP contribution in [0.5, 0.6) is 0 Å². The number of nitrogen functional groups attached to an aromatic ring is 1. The fourth-order valence-corrected chi connectivity index (χ4v) is 2.19. The second kappa shape index (κ2) is 4.14. The van der Waals surface area contributed by atoms with Crippen LogP contribution in [0.1, 0.15) is 17.0 Å². The number of amides is 1. The van der Waals surface area contributed by atoms with Gasteiger partial charge < -0.3 is 11.1 Å². The number of hydrogen-bond acceptors (Lipinski definition) is 3. The van der Waals surface area contributed by atoms with Gasteiger partial charge in [-0.3, -0.25) is 4.79 Å². The van der Waals surface area contributed by atoms with E-state index in [1.807, 2.05) is 18.2 Å². The van der Waals surface area contributed by atoms with Gasteiger partial charge in [-0.25, -0.2) is 4.98 Å². The average molecular weight is 239 g/mol. The molecule has 0 radical (unpaired) electrons. The zero-order chi connectivity index (χ0) is 12.5. The van der Waals surface area contributed by atoms with Crippen LogP contribution in [0.15, 0.2) is 42.6 Å². The van der Waals surface area contributed by atoms with Crippen molar-refractivity contribution in [3.63, 3.8) is 0 Å². The first-order chi connectivity index (χ1) is 8.74. The Morgan fingerprint density at radius 3 is 2.83 bits per heavy atom. The summed E-state index contributed by atoms with van der Waals surface area (Å²) in [5, 5.41) is 2.81. The number of nitrogens with one attached hydrogen (secondary N) is 1. The van der Waals surface area contributed by atoms with Gasteiger partial charge in [0.15, 0.2) is 0 Å². The Kier molecular flexibility index (Phi) is 2.48. The summed E-state index contributed by atoms with van der Waals surface area (Å²) in [6, 6.07) is 11.4. The summed E-state index contributed by atoms with van der Waals surface area (Å²) in [6.45, 7) is 0. The summed E-state index contributed by atoms with van der Waals surface area (Å²) in [4.78, 5) is 16.1. The maximum absolute atomic E-state index is 12.1. The molecule has 3 N–H and O–H groups in total. The molecule has 1 aromatic heterocycles. The maximum Gasteiger partial charge on any atom is 0.233 e. The highest BCUT2D eigenvalue weighted by atomic mass is 16.2. The van der Waals surface area contributed by atoms with Gasteiger partial charge in [0, 0.05) is 0 Å². The first-order valence-corrected chi connectivity index (χ1v) is 5.84. The number of pyridine rings is 1. The van der Waals surface area contributed by atoms with Crippen LogP contribution in [0.2, 0.25) is 0 Å². The molecule has 1 aliphatic rings. The van der Waals surface area contributed by atoms with Crippen molar-refractivity contribution >= 4 is 17.4 Å². The van der Waals surface area contributed by atoms with E-state index in [4.69, 9.17) is 5.73 Å². The fourth-order valence-electron chi connectivity index (χ4n) is 2.19. The second-order valence-corrected chi connectivity index (χ2v) is 4.42. The van der Waals surface area contributed by atoms with Gasteiger partial charge in [-0.2, -0.15) is 0 Å². The minimum atomic E-state index is -0.0550. The quantitative estimate of drug-likeness (QED) is 0.841.